The van der Waals surface area contributed by atoms with Crippen molar-refractivity contribution >= 4 is 11.6 Å². The second-order valence-electron chi connectivity index (χ2n) is 5.66. The maximum Gasteiger partial charge on any atom is 0.125 e. The molecular weight excluding hydrogens is 274 g/mol. The van der Waals surface area contributed by atoms with Crippen molar-refractivity contribution in [3.8, 4) is 11.8 Å². The molecule has 0 amide bonds. The summed E-state index contributed by atoms with van der Waals surface area (Å²) in [6.07, 6.45) is 2.07. The molecule has 0 saturated heterocycles. The Bertz CT molecular complexity index is 478. The van der Waals surface area contributed by atoms with Gasteiger partial charge in [-0.05, 0) is 58.2 Å². The predicted octanol–water partition coefficient (Wildman–Crippen LogP) is 4.49. The summed E-state index contributed by atoms with van der Waals surface area (Å²) in [5, 5.41) is 19.2. The van der Waals surface area contributed by atoms with Gasteiger partial charge >= 0.3 is 0 Å². The van der Waals surface area contributed by atoms with Gasteiger partial charge in [0.25, 0.3) is 0 Å². The molecule has 110 valence electrons. The van der Waals surface area contributed by atoms with Crippen LogP contribution in [0, 0.1) is 16.7 Å². The molecule has 4 heteroatoms. The van der Waals surface area contributed by atoms with Gasteiger partial charge in [-0.3, -0.25) is 0 Å². The van der Waals surface area contributed by atoms with Crippen LogP contribution in [0.3, 0.4) is 0 Å². The number of aliphatic hydroxyl groups excluding tert-OH is 1. The summed E-state index contributed by atoms with van der Waals surface area (Å²) in [7, 11) is 0. The smallest absolute Gasteiger partial charge is 0.125 e. The molecule has 0 spiro atoms. The Kier molecular flexibility index (Phi) is 6.32. The molecule has 1 rings (SSSR count). The number of aliphatic hydroxyl groups is 1. The van der Waals surface area contributed by atoms with E-state index in [-0.39, 0.29) is 5.41 Å². The van der Waals surface area contributed by atoms with Gasteiger partial charge in [0.05, 0.1) is 24.2 Å². The van der Waals surface area contributed by atoms with Crippen LogP contribution in [0.2, 0.25) is 5.02 Å². The van der Waals surface area contributed by atoms with Crippen LogP contribution in [-0.2, 0) is 0 Å². The van der Waals surface area contributed by atoms with Gasteiger partial charge in [0.1, 0.15) is 5.75 Å². The van der Waals surface area contributed by atoms with Crippen molar-refractivity contribution in [3.05, 3.63) is 28.8 Å². The summed E-state index contributed by atoms with van der Waals surface area (Å²) >= 11 is 5.91. The number of halogens is 1. The molecule has 0 bridgehead atoms. The Morgan fingerprint density at radius 3 is 2.70 bits per heavy atom. The first kappa shape index (κ1) is 16.8. The van der Waals surface area contributed by atoms with Crippen LogP contribution in [0.5, 0.6) is 5.75 Å². The lowest BCUT2D eigenvalue weighted by molar-refractivity contribution is 0.190. The zero-order valence-corrected chi connectivity index (χ0v) is 13.1. The minimum absolute atomic E-state index is 0.273. The Labute approximate surface area is 126 Å². The fourth-order valence-corrected chi connectivity index (χ4v) is 2.06. The van der Waals surface area contributed by atoms with Gasteiger partial charge in [0, 0.05) is 10.6 Å². The van der Waals surface area contributed by atoms with Gasteiger partial charge in [-0.15, -0.1) is 0 Å². The molecule has 0 heterocycles. The van der Waals surface area contributed by atoms with E-state index in [4.69, 9.17) is 21.6 Å². The van der Waals surface area contributed by atoms with Crippen molar-refractivity contribution in [2.45, 2.75) is 46.1 Å². The first-order chi connectivity index (χ1) is 9.35. The minimum atomic E-state index is -0.610. The summed E-state index contributed by atoms with van der Waals surface area (Å²) in [5.74, 6) is 0.670. The molecule has 0 aliphatic carbocycles. The van der Waals surface area contributed by atoms with E-state index in [1.54, 1.807) is 25.1 Å². The van der Waals surface area contributed by atoms with Crippen molar-refractivity contribution < 1.29 is 9.84 Å². The van der Waals surface area contributed by atoms with Crippen molar-refractivity contribution in [1.29, 1.82) is 5.26 Å². The molecule has 1 aromatic carbocycles. The van der Waals surface area contributed by atoms with E-state index < -0.39 is 6.10 Å². The van der Waals surface area contributed by atoms with E-state index in [1.807, 2.05) is 13.8 Å². The molecule has 0 fully saturated rings. The lowest BCUT2D eigenvalue weighted by Crippen LogP contribution is -2.08. The third kappa shape index (κ3) is 5.40. The van der Waals surface area contributed by atoms with Crippen LogP contribution >= 0.6 is 11.6 Å². The monoisotopic (exact) mass is 295 g/mol. The van der Waals surface area contributed by atoms with Gasteiger partial charge in [-0.2, -0.15) is 5.26 Å². The van der Waals surface area contributed by atoms with Crippen molar-refractivity contribution in [3.63, 3.8) is 0 Å². The Morgan fingerprint density at radius 1 is 1.40 bits per heavy atom. The molecule has 1 unspecified atom stereocenters. The predicted molar refractivity (Wildman–Crippen MR) is 80.8 cm³/mol. The lowest BCUT2D eigenvalue weighted by atomic mass is 9.89. The Balaban J connectivity index is 2.45. The zero-order valence-electron chi connectivity index (χ0n) is 12.3. The molecule has 1 aromatic rings. The summed E-state index contributed by atoms with van der Waals surface area (Å²) < 4.78 is 5.70. The molecule has 0 saturated carbocycles. The molecule has 3 nitrogen and oxygen atoms in total. The highest BCUT2D eigenvalue weighted by Crippen LogP contribution is 2.28. The summed E-state index contributed by atoms with van der Waals surface area (Å²) in [6.45, 7) is 6.15. The number of hydrogen-bond donors (Lipinski definition) is 1. The Morgan fingerprint density at radius 2 is 2.10 bits per heavy atom. The molecule has 0 aliphatic heterocycles. The van der Waals surface area contributed by atoms with Gasteiger partial charge in [0.2, 0.25) is 0 Å². The average Bonchev–Trinajstić information content (AvgIpc) is 2.39. The van der Waals surface area contributed by atoms with Crippen LogP contribution in [0.4, 0.5) is 0 Å². The van der Waals surface area contributed by atoms with E-state index in [0.717, 1.165) is 19.3 Å². The van der Waals surface area contributed by atoms with Crippen LogP contribution in [0.15, 0.2) is 18.2 Å². The van der Waals surface area contributed by atoms with Crippen LogP contribution in [0.1, 0.15) is 51.7 Å². The van der Waals surface area contributed by atoms with Crippen LogP contribution < -0.4 is 4.74 Å². The molecular formula is C16H22ClNO2. The molecule has 1 atom stereocenters. The standard InChI is InChI=1S/C16H22ClNO2/c1-12(19)14-10-13(17)6-7-15(14)20-9-5-4-8-16(2,3)11-18/h6-7,10,12,19H,4-5,8-9H2,1-3H3. The van der Waals surface area contributed by atoms with Gasteiger partial charge in [-0.1, -0.05) is 11.6 Å². The third-order valence-corrected chi connectivity index (χ3v) is 3.41. The molecule has 20 heavy (non-hydrogen) atoms. The zero-order chi connectivity index (χ0) is 15.2. The highest BCUT2D eigenvalue weighted by atomic mass is 35.5. The second-order valence-corrected chi connectivity index (χ2v) is 6.10. The van der Waals surface area contributed by atoms with Gasteiger partial charge in [-0.25, -0.2) is 0 Å². The van der Waals surface area contributed by atoms with E-state index in [2.05, 4.69) is 6.07 Å². The normalized spacial score (nSPS) is 12.8. The topological polar surface area (TPSA) is 53.2 Å². The highest BCUT2D eigenvalue weighted by Gasteiger charge is 2.15. The molecule has 1 N–H and O–H groups in total. The van der Waals surface area contributed by atoms with E-state index >= 15 is 0 Å². The van der Waals surface area contributed by atoms with Crippen molar-refractivity contribution in [2.75, 3.05) is 6.61 Å². The number of ether oxygens (including phenoxy) is 1. The number of rotatable bonds is 7. The second kappa shape index (κ2) is 7.52. The van der Waals surface area contributed by atoms with Gasteiger partial charge < -0.3 is 9.84 Å². The summed E-state index contributed by atoms with van der Waals surface area (Å²) in [4.78, 5) is 0. The molecule has 0 aromatic heterocycles. The van der Waals surface area contributed by atoms with Crippen molar-refractivity contribution in [1.82, 2.24) is 0 Å². The summed E-state index contributed by atoms with van der Waals surface area (Å²) in [5.41, 5.74) is 0.431. The number of benzene rings is 1. The largest absolute Gasteiger partial charge is 0.493 e. The Hall–Kier alpha value is -1.24. The third-order valence-electron chi connectivity index (χ3n) is 3.18. The first-order valence-corrected chi connectivity index (χ1v) is 7.25. The summed E-state index contributed by atoms with van der Waals surface area (Å²) in [6, 6.07) is 7.55. The molecule has 0 radical (unpaired) electrons. The SMILES string of the molecule is CC(O)c1cc(Cl)ccc1OCCCCC(C)(C)C#N. The maximum atomic E-state index is 9.70. The van der Waals surface area contributed by atoms with Crippen LogP contribution in [-0.4, -0.2) is 11.7 Å². The fourth-order valence-electron chi connectivity index (χ4n) is 1.88. The molecule has 0 aliphatic rings. The number of nitriles is 1. The van der Waals surface area contributed by atoms with E-state index in [9.17, 15) is 5.11 Å². The number of nitrogens with zero attached hydrogens (tertiary/aromatic N) is 1. The maximum absolute atomic E-state index is 9.70. The first-order valence-electron chi connectivity index (χ1n) is 6.87. The number of unbranched alkanes of at least 4 members (excludes halogenated alkanes) is 1. The lowest BCUT2D eigenvalue weighted by Gasteiger charge is -2.16. The quantitative estimate of drug-likeness (QED) is 0.754. The van der Waals surface area contributed by atoms with Gasteiger partial charge in [0.15, 0.2) is 0 Å². The fraction of sp³-hybridized carbons (Fsp3) is 0.562. The number of hydrogen-bond acceptors (Lipinski definition) is 3. The van der Waals surface area contributed by atoms with Crippen molar-refractivity contribution in [2.24, 2.45) is 5.41 Å². The average molecular weight is 296 g/mol. The highest BCUT2D eigenvalue weighted by molar-refractivity contribution is 6.30. The minimum Gasteiger partial charge on any atom is -0.493 e. The van der Waals surface area contributed by atoms with E-state index in [0.29, 0.717) is 22.9 Å². The van der Waals surface area contributed by atoms with E-state index in [1.165, 1.54) is 0 Å². The van der Waals surface area contributed by atoms with Crippen LogP contribution in [0.25, 0.3) is 0 Å².